The van der Waals surface area contributed by atoms with Gasteiger partial charge in [0.25, 0.3) is 0 Å². The fourth-order valence-corrected chi connectivity index (χ4v) is 3.10. The number of methoxy groups -OCH3 is 1. The molecule has 1 atom stereocenters. The highest BCUT2D eigenvalue weighted by Gasteiger charge is 2.23. The van der Waals surface area contributed by atoms with E-state index in [-0.39, 0.29) is 12.8 Å². The van der Waals surface area contributed by atoms with Crippen molar-refractivity contribution in [2.75, 3.05) is 21.0 Å². The third-order valence-corrected chi connectivity index (χ3v) is 4.89. The Labute approximate surface area is 163 Å². The Balaban J connectivity index is 1.58. The van der Waals surface area contributed by atoms with Crippen LogP contribution >= 0.6 is 0 Å². The quantitative estimate of drug-likeness (QED) is 0.642. The van der Waals surface area contributed by atoms with Crippen LogP contribution in [0.5, 0.6) is 17.2 Å². The van der Waals surface area contributed by atoms with Gasteiger partial charge in [0.05, 0.1) is 18.5 Å². The second kappa shape index (κ2) is 7.47. The molecule has 4 rings (SSSR count). The van der Waals surface area contributed by atoms with Crippen molar-refractivity contribution in [3.05, 3.63) is 47.9 Å². The van der Waals surface area contributed by atoms with E-state index in [1.54, 1.807) is 19.6 Å². The molecule has 146 valence electrons. The van der Waals surface area contributed by atoms with Crippen LogP contribution in [-0.4, -0.2) is 40.8 Å². The summed E-state index contributed by atoms with van der Waals surface area (Å²) in [6.45, 7) is 4.82. The first-order chi connectivity index (χ1) is 13.6. The van der Waals surface area contributed by atoms with Gasteiger partial charge in [0.15, 0.2) is 11.5 Å². The van der Waals surface area contributed by atoms with E-state index in [4.69, 9.17) is 23.6 Å². The molecule has 1 aliphatic rings. The van der Waals surface area contributed by atoms with Crippen molar-refractivity contribution in [2.24, 2.45) is 0 Å². The van der Waals surface area contributed by atoms with Gasteiger partial charge in [-0.1, -0.05) is 0 Å². The number of hydrogen-bond donors (Lipinski definition) is 0. The van der Waals surface area contributed by atoms with Gasteiger partial charge < -0.3 is 18.6 Å². The Morgan fingerprint density at radius 2 is 2.14 bits per heavy atom. The van der Waals surface area contributed by atoms with Gasteiger partial charge in [-0.2, -0.15) is 0 Å². The lowest BCUT2D eigenvalue weighted by Gasteiger charge is -2.23. The molecule has 0 N–H and O–H groups in total. The Morgan fingerprint density at radius 1 is 1.29 bits per heavy atom. The first-order valence-electron chi connectivity index (χ1n) is 8.97. The van der Waals surface area contributed by atoms with Crippen LogP contribution in [0.2, 0.25) is 0 Å². The number of fused-ring (bicyclic) bond motifs is 1. The second-order valence-corrected chi connectivity index (χ2v) is 6.66. The number of oxazole rings is 1. The molecule has 0 spiro atoms. The summed E-state index contributed by atoms with van der Waals surface area (Å²) in [7, 11) is 3.63. The van der Waals surface area contributed by atoms with E-state index >= 15 is 0 Å². The van der Waals surface area contributed by atoms with Crippen LogP contribution in [0.15, 0.2) is 35.1 Å². The van der Waals surface area contributed by atoms with Gasteiger partial charge >= 0.3 is 0 Å². The van der Waals surface area contributed by atoms with Crippen LogP contribution in [0.4, 0.5) is 0 Å². The van der Waals surface area contributed by atoms with Crippen molar-refractivity contribution in [1.82, 2.24) is 19.9 Å². The average molecular weight is 382 g/mol. The van der Waals surface area contributed by atoms with Crippen molar-refractivity contribution in [2.45, 2.75) is 26.4 Å². The standard InChI is InChI=1S/C20H22N4O4/c1-12(15-5-6-21-10-22-15)24(3)9-16-13(2)28-20(23-16)14-7-17(25-4)19-18(8-14)26-11-27-19/h5-8,10,12H,9,11H2,1-4H3/t12-/m0/s1. The highest BCUT2D eigenvalue weighted by molar-refractivity contribution is 5.66. The Bertz CT molecular complexity index is 974. The molecule has 2 aromatic heterocycles. The summed E-state index contributed by atoms with van der Waals surface area (Å²) in [5, 5.41) is 0. The van der Waals surface area contributed by atoms with Crippen molar-refractivity contribution in [1.29, 1.82) is 0 Å². The van der Waals surface area contributed by atoms with Crippen LogP contribution in [0.3, 0.4) is 0 Å². The summed E-state index contributed by atoms with van der Waals surface area (Å²) in [6.07, 6.45) is 3.31. The van der Waals surface area contributed by atoms with Gasteiger partial charge in [-0.15, -0.1) is 0 Å². The Morgan fingerprint density at radius 3 is 2.89 bits per heavy atom. The molecule has 1 aromatic carbocycles. The largest absolute Gasteiger partial charge is 0.493 e. The highest BCUT2D eigenvalue weighted by atomic mass is 16.7. The molecule has 0 radical (unpaired) electrons. The maximum absolute atomic E-state index is 5.93. The van der Waals surface area contributed by atoms with Crippen molar-refractivity contribution in [3.8, 4) is 28.7 Å². The van der Waals surface area contributed by atoms with E-state index in [9.17, 15) is 0 Å². The third-order valence-electron chi connectivity index (χ3n) is 4.89. The summed E-state index contributed by atoms with van der Waals surface area (Å²) in [5.74, 6) is 3.12. The van der Waals surface area contributed by atoms with E-state index in [0.717, 1.165) is 22.7 Å². The smallest absolute Gasteiger partial charge is 0.231 e. The molecule has 8 heteroatoms. The van der Waals surface area contributed by atoms with Crippen molar-refractivity contribution >= 4 is 0 Å². The minimum absolute atomic E-state index is 0.119. The molecule has 8 nitrogen and oxygen atoms in total. The number of aryl methyl sites for hydroxylation is 1. The molecular formula is C20H22N4O4. The summed E-state index contributed by atoms with van der Waals surface area (Å²) in [4.78, 5) is 15.2. The van der Waals surface area contributed by atoms with Gasteiger partial charge in [0.1, 0.15) is 12.1 Å². The normalized spacial score (nSPS) is 13.8. The zero-order chi connectivity index (χ0) is 19.7. The van der Waals surface area contributed by atoms with Crippen LogP contribution in [0, 0.1) is 6.92 Å². The van der Waals surface area contributed by atoms with Gasteiger partial charge in [-0.3, -0.25) is 4.90 Å². The van der Waals surface area contributed by atoms with E-state index in [0.29, 0.717) is 29.7 Å². The molecule has 3 heterocycles. The predicted molar refractivity (Wildman–Crippen MR) is 101 cm³/mol. The Kier molecular flexibility index (Phi) is 4.87. The van der Waals surface area contributed by atoms with Crippen LogP contribution < -0.4 is 14.2 Å². The molecule has 0 saturated carbocycles. The SMILES string of the molecule is COc1cc(-c2nc(CN(C)[C@@H](C)c3ccncn3)c(C)o2)cc2c1OCO2. The lowest BCUT2D eigenvalue weighted by atomic mass is 10.2. The van der Waals surface area contributed by atoms with Crippen LogP contribution in [-0.2, 0) is 6.54 Å². The number of benzene rings is 1. The van der Waals surface area contributed by atoms with Gasteiger partial charge in [-0.05, 0) is 39.1 Å². The number of ether oxygens (including phenoxy) is 3. The number of hydrogen-bond acceptors (Lipinski definition) is 8. The molecule has 1 aliphatic heterocycles. The molecular weight excluding hydrogens is 360 g/mol. The molecule has 28 heavy (non-hydrogen) atoms. The molecule has 0 fully saturated rings. The minimum Gasteiger partial charge on any atom is -0.493 e. The predicted octanol–water partition coefficient (Wildman–Crippen LogP) is 3.37. The summed E-state index contributed by atoms with van der Waals surface area (Å²) >= 11 is 0. The molecule has 0 bridgehead atoms. The molecule has 0 unspecified atom stereocenters. The van der Waals surface area contributed by atoms with Crippen molar-refractivity contribution < 1.29 is 18.6 Å². The third kappa shape index (κ3) is 3.38. The second-order valence-electron chi connectivity index (χ2n) is 6.66. The fourth-order valence-electron chi connectivity index (χ4n) is 3.10. The lowest BCUT2D eigenvalue weighted by Crippen LogP contribution is -2.23. The van der Waals surface area contributed by atoms with Crippen LogP contribution in [0.1, 0.15) is 30.1 Å². The van der Waals surface area contributed by atoms with E-state index in [1.807, 2.05) is 32.2 Å². The van der Waals surface area contributed by atoms with Gasteiger partial charge in [0.2, 0.25) is 18.4 Å². The molecule has 0 amide bonds. The van der Waals surface area contributed by atoms with Gasteiger partial charge in [0, 0.05) is 24.3 Å². The highest BCUT2D eigenvalue weighted by Crippen LogP contribution is 2.44. The summed E-state index contributed by atoms with van der Waals surface area (Å²) in [5.41, 5.74) is 2.61. The first kappa shape index (κ1) is 18.2. The maximum Gasteiger partial charge on any atom is 0.231 e. The summed E-state index contributed by atoms with van der Waals surface area (Å²) in [6, 6.07) is 5.73. The number of nitrogens with zero attached hydrogens (tertiary/aromatic N) is 4. The molecule has 0 saturated heterocycles. The monoisotopic (exact) mass is 382 g/mol. The topological polar surface area (TPSA) is 82.7 Å². The van der Waals surface area contributed by atoms with Crippen LogP contribution in [0.25, 0.3) is 11.5 Å². The zero-order valence-electron chi connectivity index (χ0n) is 16.3. The maximum atomic E-state index is 5.93. The summed E-state index contributed by atoms with van der Waals surface area (Å²) < 4.78 is 22.3. The fraction of sp³-hybridized carbons (Fsp3) is 0.350. The van der Waals surface area contributed by atoms with E-state index in [1.165, 1.54) is 0 Å². The minimum atomic E-state index is 0.119. The number of rotatable bonds is 6. The van der Waals surface area contributed by atoms with E-state index < -0.39 is 0 Å². The zero-order valence-corrected chi connectivity index (χ0v) is 16.3. The Hall–Kier alpha value is -3.13. The van der Waals surface area contributed by atoms with Gasteiger partial charge in [-0.25, -0.2) is 15.0 Å². The first-order valence-corrected chi connectivity index (χ1v) is 8.97. The number of aromatic nitrogens is 3. The molecule has 3 aromatic rings. The molecule has 0 aliphatic carbocycles. The average Bonchev–Trinajstić information content (AvgIpc) is 3.34. The van der Waals surface area contributed by atoms with Crippen molar-refractivity contribution in [3.63, 3.8) is 0 Å². The lowest BCUT2D eigenvalue weighted by molar-refractivity contribution is 0.171. The van der Waals surface area contributed by atoms with E-state index in [2.05, 4.69) is 21.8 Å².